The summed E-state index contributed by atoms with van der Waals surface area (Å²) in [6, 6.07) is 0.599. The summed E-state index contributed by atoms with van der Waals surface area (Å²) in [6.07, 6.45) is 2.51. The summed E-state index contributed by atoms with van der Waals surface area (Å²) < 4.78 is 0. The molecule has 0 aromatic heterocycles. The summed E-state index contributed by atoms with van der Waals surface area (Å²) in [5.74, 6) is 0.676. The first-order valence-electron chi connectivity index (χ1n) is 3.76. The topological polar surface area (TPSA) is 12.4 Å². The lowest BCUT2D eigenvalue weighted by Gasteiger charge is -2.00. The fourth-order valence-electron chi connectivity index (χ4n) is 1.21. The maximum Gasteiger partial charge on any atom is 0.0474 e. The molecule has 1 heteroatoms. The van der Waals surface area contributed by atoms with E-state index in [1.165, 1.54) is 18.6 Å². The normalized spacial score (nSPS) is 27.1. The Labute approximate surface area is 57.2 Å². The van der Waals surface area contributed by atoms with Crippen LogP contribution in [0.5, 0.6) is 0 Å². The van der Waals surface area contributed by atoms with Crippen molar-refractivity contribution in [1.29, 1.82) is 0 Å². The van der Waals surface area contributed by atoms with Crippen molar-refractivity contribution < 1.29 is 0 Å². The highest BCUT2D eigenvalue weighted by Gasteiger charge is 2.14. The van der Waals surface area contributed by atoms with Crippen LogP contribution in [-0.2, 0) is 0 Å². The molecular formula is C8H15N. The summed E-state index contributed by atoms with van der Waals surface area (Å²) in [7, 11) is 0. The molecule has 1 atom stereocenters. The van der Waals surface area contributed by atoms with E-state index in [1.54, 1.807) is 0 Å². The van der Waals surface area contributed by atoms with Crippen molar-refractivity contribution in [2.75, 3.05) is 0 Å². The minimum atomic E-state index is 0.599. The van der Waals surface area contributed by atoms with Gasteiger partial charge in [-0.3, -0.25) is 4.99 Å². The van der Waals surface area contributed by atoms with Crippen LogP contribution in [0.1, 0.15) is 33.6 Å². The van der Waals surface area contributed by atoms with Crippen LogP contribution in [0.4, 0.5) is 0 Å². The molecule has 0 fully saturated rings. The molecule has 0 bridgehead atoms. The molecule has 0 saturated carbocycles. The Hall–Kier alpha value is -0.330. The molecule has 0 aromatic rings. The van der Waals surface area contributed by atoms with Crippen LogP contribution >= 0.6 is 0 Å². The van der Waals surface area contributed by atoms with Gasteiger partial charge in [0.05, 0.1) is 0 Å². The first kappa shape index (κ1) is 6.79. The first-order chi connectivity index (χ1) is 4.20. The van der Waals surface area contributed by atoms with Crippen LogP contribution in [0.2, 0.25) is 0 Å². The van der Waals surface area contributed by atoms with Gasteiger partial charge in [0.2, 0.25) is 0 Å². The molecule has 1 aliphatic heterocycles. The van der Waals surface area contributed by atoms with Crippen molar-refractivity contribution in [3.8, 4) is 0 Å². The van der Waals surface area contributed by atoms with Gasteiger partial charge in [-0.2, -0.15) is 0 Å². The molecule has 1 rings (SSSR count). The van der Waals surface area contributed by atoms with Crippen molar-refractivity contribution >= 4 is 5.71 Å². The Balaban J connectivity index is 2.52. The van der Waals surface area contributed by atoms with Crippen molar-refractivity contribution in [3.05, 3.63) is 0 Å². The highest BCUT2D eigenvalue weighted by Crippen LogP contribution is 2.16. The predicted molar refractivity (Wildman–Crippen MR) is 41.0 cm³/mol. The van der Waals surface area contributed by atoms with E-state index < -0.39 is 0 Å². The lowest BCUT2D eigenvalue weighted by molar-refractivity contribution is 0.738. The standard InChI is InChI=1S/C8H15N/c1-6(2)8-5-4-7(3)9-8/h6-7H,4-5H2,1-3H3. The van der Waals surface area contributed by atoms with Gasteiger partial charge in [-0.25, -0.2) is 0 Å². The van der Waals surface area contributed by atoms with Crippen molar-refractivity contribution in [2.45, 2.75) is 39.7 Å². The van der Waals surface area contributed by atoms with E-state index in [1.807, 2.05) is 0 Å². The van der Waals surface area contributed by atoms with Crippen LogP contribution in [0, 0.1) is 5.92 Å². The van der Waals surface area contributed by atoms with Gasteiger partial charge in [0.15, 0.2) is 0 Å². The van der Waals surface area contributed by atoms with E-state index >= 15 is 0 Å². The molecule has 1 unspecified atom stereocenters. The molecule has 1 heterocycles. The van der Waals surface area contributed by atoms with Crippen LogP contribution < -0.4 is 0 Å². The minimum Gasteiger partial charge on any atom is -0.291 e. The number of hydrogen-bond donors (Lipinski definition) is 0. The fraction of sp³-hybridized carbons (Fsp3) is 0.875. The largest absolute Gasteiger partial charge is 0.291 e. The number of hydrogen-bond acceptors (Lipinski definition) is 1. The van der Waals surface area contributed by atoms with Crippen LogP contribution in [0.15, 0.2) is 4.99 Å². The molecule has 1 aliphatic rings. The molecule has 0 aromatic carbocycles. The SMILES string of the molecule is CC1CCC(C(C)C)=N1. The lowest BCUT2D eigenvalue weighted by atomic mass is 10.1. The maximum absolute atomic E-state index is 4.50. The van der Waals surface area contributed by atoms with Crippen LogP contribution in [0.25, 0.3) is 0 Å². The zero-order valence-electron chi connectivity index (χ0n) is 6.52. The highest BCUT2D eigenvalue weighted by molar-refractivity contribution is 5.87. The second kappa shape index (κ2) is 2.51. The second-order valence-corrected chi connectivity index (χ2v) is 3.16. The lowest BCUT2D eigenvalue weighted by Crippen LogP contribution is -2.02. The van der Waals surface area contributed by atoms with E-state index in [9.17, 15) is 0 Å². The summed E-state index contributed by atoms with van der Waals surface area (Å²) >= 11 is 0. The zero-order valence-corrected chi connectivity index (χ0v) is 6.52. The van der Waals surface area contributed by atoms with Crippen molar-refractivity contribution in [1.82, 2.24) is 0 Å². The van der Waals surface area contributed by atoms with E-state index in [-0.39, 0.29) is 0 Å². The molecule has 0 radical (unpaired) electrons. The summed E-state index contributed by atoms with van der Waals surface area (Å²) in [6.45, 7) is 6.63. The van der Waals surface area contributed by atoms with Gasteiger partial charge in [-0.15, -0.1) is 0 Å². The molecular weight excluding hydrogens is 110 g/mol. The third-order valence-electron chi connectivity index (χ3n) is 1.87. The molecule has 1 nitrogen and oxygen atoms in total. The summed E-state index contributed by atoms with van der Waals surface area (Å²) in [5, 5.41) is 0. The minimum absolute atomic E-state index is 0.599. The molecule has 9 heavy (non-hydrogen) atoms. The number of nitrogens with zero attached hydrogens (tertiary/aromatic N) is 1. The van der Waals surface area contributed by atoms with Gasteiger partial charge in [0.25, 0.3) is 0 Å². The van der Waals surface area contributed by atoms with Gasteiger partial charge in [-0.1, -0.05) is 13.8 Å². The average Bonchev–Trinajstić information content (AvgIpc) is 2.14. The van der Waals surface area contributed by atoms with E-state index in [2.05, 4.69) is 25.8 Å². The predicted octanol–water partition coefficient (Wildman–Crippen LogP) is 2.27. The van der Waals surface area contributed by atoms with Crippen LogP contribution in [-0.4, -0.2) is 11.8 Å². The van der Waals surface area contributed by atoms with Gasteiger partial charge >= 0.3 is 0 Å². The maximum atomic E-state index is 4.50. The van der Waals surface area contributed by atoms with Crippen molar-refractivity contribution in [2.24, 2.45) is 10.9 Å². The molecule has 52 valence electrons. The van der Waals surface area contributed by atoms with E-state index in [4.69, 9.17) is 0 Å². The van der Waals surface area contributed by atoms with E-state index in [0.29, 0.717) is 12.0 Å². The Morgan fingerprint density at radius 1 is 1.56 bits per heavy atom. The number of aliphatic imine (C=N–C) groups is 1. The summed E-state index contributed by atoms with van der Waals surface area (Å²) in [5.41, 5.74) is 1.42. The molecule has 0 N–H and O–H groups in total. The quantitative estimate of drug-likeness (QED) is 0.509. The number of rotatable bonds is 1. The zero-order chi connectivity index (χ0) is 6.85. The smallest absolute Gasteiger partial charge is 0.0474 e. The fourth-order valence-corrected chi connectivity index (χ4v) is 1.21. The van der Waals surface area contributed by atoms with Gasteiger partial charge in [0, 0.05) is 11.8 Å². The Morgan fingerprint density at radius 3 is 2.44 bits per heavy atom. The highest BCUT2D eigenvalue weighted by atomic mass is 14.8. The third-order valence-corrected chi connectivity index (χ3v) is 1.87. The van der Waals surface area contributed by atoms with Crippen LogP contribution in [0.3, 0.4) is 0 Å². The van der Waals surface area contributed by atoms with Gasteiger partial charge in [0.1, 0.15) is 0 Å². The monoisotopic (exact) mass is 125 g/mol. The Morgan fingerprint density at radius 2 is 2.22 bits per heavy atom. The first-order valence-corrected chi connectivity index (χ1v) is 3.76. The third kappa shape index (κ3) is 1.54. The van der Waals surface area contributed by atoms with Gasteiger partial charge < -0.3 is 0 Å². The van der Waals surface area contributed by atoms with Crippen molar-refractivity contribution in [3.63, 3.8) is 0 Å². The molecule has 0 amide bonds. The molecule has 0 spiro atoms. The average molecular weight is 125 g/mol. The van der Waals surface area contributed by atoms with Gasteiger partial charge in [-0.05, 0) is 25.7 Å². The molecule has 0 saturated heterocycles. The van der Waals surface area contributed by atoms with E-state index in [0.717, 1.165) is 0 Å². The Kier molecular flexibility index (Phi) is 1.89. The molecule has 0 aliphatic carbocycles. The second-order valence-electron chi connectivity index (χ2n) is 3.16. The Bertz CT molecular complexity index is 125. The summed E-state index contributed by atoms with van der Waals surface area (Å²) in [4.78, 5) is 4.50.